The number of nitrogens with one attached hydrogen (secondary N) is 2. The van der Waals surface area contributed by atoms with E-state index in [0.29, 0.717) is 23.2 Å². The molecule has 0 bridgehead atoms. The zero-order valence-corrected chi connectivity index (χ0v) is 16.1. The van der Waals surface area contributed by atoms with Gasteiger partial charge in [0.25, 0.3) is 0 Å². The molecule has 1 aromatic carbocycles. The Kier molecular flexibility index (Phi) is 7.74. The fourth-order valence-corrected chi connectivity index (χ4v) is 3.72. The highest BCUT2D eigenvalue weighted by Crippen LogP contribution is 2.23. The average molecular weight is 382 g/mol. The quantitative estimate of drug-likeness (QED) is 0.284. The first kappa shape index (κ1) is 19.8. The third-order valence-electron chi connectivity index (χ3n) is 3.52. The van der Waals surface area contributed by atoms with Crippen molar-refractivity contribution in [2.24, 2.45) is 4.99 Å². The summed E-state index contributed by atoms with van der Waals surface area (Å²) in [6.45, 7) is 5.39. The van der Waals surface area contributed by atoms with E-state index in [0.717, 1.165) is 12.1 Å². The summed E-state index contributed by atoms with van der Waals surface area (Å²) in [6, 6.07) is 8.67. The second-order valence-corrected chi connectivity index (χ2v) is 7.60. The molecule has 1 heterocycles. The van der Waals surface area contributed by atoms with Crippen molar-refractivity contribution in [1.29, 1.82) is 0 Å². The fourth-order valence-electron chi connectivity index (χ4n) is 2.13. The van der Waals surface area contributed by atoms with E-state index in [1.165, 1.54) is 17.8 Å². The Labute approximate surface area is 156 Å². The largest absolute Gasteiger partial charge is 0.383 e. The fraction of sp³-hybridized carbons (Fsp3) is 0.389. The summed E-state index contributed by atoms with van der Waals surface area (Å²) in [6.07, 6.45) is 0. The molecule has 0 aliphatic heterocycles. The molecular formula is C18H24FN3OS2. The Morgan fingerprint density at radius 2 is 2.12 bits per heavy atom. The number of benzene rings is 1. The third kappa shape index (κ3) is 6.34. The molecule has 1 atom stereocenters. The molecule has 1 aromatic heterocycles. The monoisotopic (exact) mass is 381 g/mol. The van der Waals surface area contributed by atoms with E-state index in [2.05, 4.69) is 15.6 Å². The Morgan fingerprint density at radius 3 is 2.80 bits per heavy atom. The van der Waals surface area contributed by atoms with Crippen LogP contribution in [-0.4, -0.2) is 36.5 Å². The van der Waals surface area contributed by atoms with E-state index >= 15 is 0 Å². The molecule has 0 amide bonds. The topological polar surface area (TPSA) is 56.7 Å². The summed E-state index contributed by atoms with van der Waals surface area (Å²) in [5, 5.41) is 20.8. The lowest BCUT2D eigenvalue weighted by molar-refractivity contribution is 0.0677. The molecule has 0 fully saturated rings. The van der Waals surface area contributed by atoms with Crippen LogP contribution < -0.4 is 10.6 Å². The van der Waals surface area contributed by atoms with Crippen molar-refractivity contribution in [3.05, 3.63) is 52.5 Å². The second kappa shape index (κ2) is 9.79. The minimum atomic E-state index is -0.996. The van der Waals surface area contributed by atoms with Crippen LogP contribution in [0.1, 0.15) is 19.4 Å². The molecule has 0 radical (unpaired) electrons. The van der Waals surface area contributed by atoms with Crippen LogP contribution in [0.5, 0.6) is 0 Å². The Balaban J connectivity index is 1.84. The van der Waals surface area contributed by atoms with E-state index in [-0.39, 0.29) is 12.4 Å². The van der Waals surface area contributed by atoms with Gasteiger partial charge in [0.2, 0.25) is 0 Å². The van der Waals surface area contributed by atoms with Gasteiger partial charge in [-0.15, -0.1) is 11.8 Å². The van der Waals surface area contributed by atoms with E-state index < -0.39 is 5.60 Å². The maximum Gasteiger partial charge on any atom is 0.191 e. The summed E-state index contributed by atoms with van der Waals surface area (Å²) in [5.74, 6) is 1.17. The summed E-state index contributed by atoms with van der Waals surface area (Å²) in [5.41, 5.74) is -0.128. The third-order valence-corrected chi connectivity index (χ3v) is 5.25. The first-order chi connectivity index (χ1) is 12.0. The predicted molar refractivity (Wildman–Crippen MR) is 105 cm³/mol. The molecule has 2 rings (SSSR count). The first-order valence-electron chi connectivity index (χ1n) is 8.17. The summed E-state index contributed by atoms with van der Waals surface area (Å²) >= 11 is 3.01. The van der Waals surface area contributed by atoms with Gasteiger partial charge in [0.05, 0.1) is 6.54 Å². The van der Waals surface area contributed by atoms with Crippen molar-refractivity contribution in [3.63, 3.8) is 0 Å². The molecule has 0 aliphatic rings. The van der Waals surface area contributed by atoms with Gasteiger partial charge in [-0.2, -0.15) is 11.3 Å². The molecule has 4 nitrogen and oxygen atoms in total. The van der Waals surface area contributed by atoms with E-state index in [1.54, 1.807) is 30.4 Å². The lowest BCUT2D eigenvalue weighted by Crippen LogP contribution is -2.39. The molecule has 0 aliphatic carbocycles. The summed E-state index contributed by atoms with van der Waals surface area (Å²) in [4.78, 5) is 5.11. The van der Waals surface area contributed by atoms with Crippen LogP contribution in [0.4, 0.5) is 4.39 Å². The Bertz CT molecular complexity index is 675. The van der Waals surface area contributed by atoms with Crippen molar-refractivity contribution < 1.29 is 9.50 Å². The van der Waals surface area contributed by atoms with Crippen molar-refractivity contribution in [2.45, 2.75) is 24.3 Å². The van der Waals surface area contributed by atoms with E-state index in [9.17, 15) is 9.50 Å². The molecule has 0 saturated heterocycles. The Hall–Kier alpha value is -1.57. The number of aliphatic imine (C=N–C) groups is 1. The van der Waals surface area contributed by atoms with Crippen LogP contribution in [-0.2, 0) is 5.60 Å². The van der Waals surface area contributed by atoms with E-state index in [1.807, 2.05) is 29.8 Å². The second-order valence-electron chi connectivity index (χ2n) is 5.69. The van der Waals surface area contributed by atoms with Crippen LogP contribution in [0.2, 0.25) is 0 Å². The molecular weight excluding hydrogens is 357 g/mol. The van der Waals surface area contributed by atoms with Gasteiger partial charge < -0.3 is 15.7 Å². The molecule has 0 saturated carbocycles. The standard InChI is InChI=1S/C18H24FN3OS2/c1-3-20-17(22-13-18(2,23)14-8-10-24-12-14)21-9-11-25-16-7-5-4-6-15(16)19/h4-8,10,12,23H,3,9,11,13H2,1-2H3,(H2,20,21,22). The van der Waals surface area contributed by atoms with Crippen LogP contribution in [0.3, 0.4) is 0 Å². The van der Waals surface area contributed by atoms with Crippen molar-refractivity contribution >= 4 is 29.1 Å². The number of thiophene rings is 1. The van der Waals surface area contributed by atoms with Gasteiger partial charge in [-0.05, 0) is 48.4 Å². The number of rotatable bonds is 8. The lowest BCUT2D eigenvalue weighted by atomic mass is 10.00. The number of nitrogens with zero attached hydrogens (tertiary/aromatic N) is 1. The SMILES string of the molecule is CCNC(=NCC(C)(O)c1ccsc1)NCCSc1ccccc1F. The molecule has 25 heavy (non-hydrogen) atoms. The number of guanidine groups is 1. The van der Waals surface area contributed by atoms with Gasteiger partial charge in [0, 0.05) is 23.7 Å². The van der Waals surface area contributed by atoms with Crippen molar-refractivity contribution in [1.82, 2.24) is 10.6 Å². The zero-order chi connectivity index (χ0) is 18.1. The number of thioether (sulfide) groups is 1. The minimum Gasteiger partial charge on any atom is -0.383 e. The van der Waals surface area contributed by atoms with Crippen LogP contribution >= 0.6 is 23.1 Å². The highest BCUT2D eigenvalue weighted by atomic mass is 32.2. The lowest BCUT2D eigenvalue weighted by Gasteiger charge is -2.21. The molecule has 2 aromatic rings. The highest BCUT2D eigenvalue weighted by molar-refractivity contribution is 7.99. The maximum absolute atomic E-state index is 13.6. The first-order valence-corrected chi connectivity index (χ1v) is 10.1. The van der Waals surface area contributed by atoms with Gasteiger partial charge in [0.15, 0.2) is 5.96 Å². The number of hydrogen-bond donors (Lipinski definition) is 3. The van der Waals surface area contributed by atoms with Crippen LogP contribution in [0.15, 0.2) is 51.0 Å². The minimum absolute atomic E-state index is 0.195. The van der Waals surface area contributed by atoms with Crippen LogP contribution in [0, 0.1) is 5.82 Å². The maximum atomic E-state index is 13.6. The van der Waals surface area contributed by atoms with Gasteiger partial charge >= 0.3 is 0 Å². The molecule has 7 heteroatoms. The summed E-state index contributed by atoms with van der Waals surface area (Å²) < 4.78 is 13.6. The van der Waals surface area contributed by atoms with Gasteiger partial charge in [0.1, 0.15) is 11.4 Å². The molecule has 1 unspecified atom stereocenters. The van der Waals surface area contributed by atoms with Crippen LogP contribution in [0.25, 0.3) is 0 Å². The smallest absolute Gasteiger partial charge is 0.191 e. The number of halogens is 1. The molecule has 0 spiro atoms. The molecule has 136 valence electrons. The zero-order valence-electron chi connectivity index (χ0n) is 14.5. The highest BCUT2D eigenvalue weighted by Gasteiger charge is 2.23. The number of aliphatic hydroxyl groups is 1. The van der Waals surface area contributed by atoms with Gasteiger partial charge in [-0.3, -0.25) is 0 Å². The van der Waals surface area contributed by atoms with Gasteiger partial charge in [-0.25, -0.2) is 9.38 Å². The van der Waals surface area contributed by atoms with Crippen molar-refractivity contribution in [2.75, 3.05) is 25.4 Å². The normalized spacial score (nSPS) is 14.2. The predicted octanol–water partition coefficient (Wildman–Crippen LogP) is 3.44. The number of hydrogen-bond acceptors (Lipinski definition) is 4. The average Bonchev–Trinajstić information content (AvgIpc) is 3.13. The summed E-state index contributed by atoms with van der Waals surface area (Å²) in [7, 11) is 0. The van der Waals surface area contributed by atoms with Gasteiger partial charge in [-0.1, -0.05) is 12.1 Å². The molecule has 3 N–H and O–H groups in total. The van der Waals surface area contributed by atoms with Crippen molar-refractivity contribution in [3.8, 4) is 0 Å². The van der Waals surface area contributed by atoms with E-state index in [4.69, 9.17) is 0 Å². The Morgan fingerprint density at radius 1 is 1.32 bits per heavy atom.